The molecule has 0 bridgehead atoms. The zero-order valence-corrected chi connectivity index (χ0v) is 16.6. The number of fused-ring (bicyclic) bond motifs is 4. The Morgan fingerprint density at radius 2 is 1.50 bits per heavy atom. The fraction of sp³-hybridized carbons (Fsp3) is 0.958. The molecule has 0 radical (unpaired) electrons. The molecule has 2 nitrogen and oxygen atoms in total. The topological polar surface area (TPSA) is 26.3 Å². The second-order valence-electron chi connectivity index (χ2n) is 12.6. The van der Waals surface area contributed by atoms with Crippen molar-refractivity contribution in [1.82, 2.24) is 0 Å². The van der Waals surface area contributed by atoms with E-state index in [0.717, 1.165) is 59.2 Å². The molecule has 8 fully saturated rings. The molecule has 0 N–H and O–H groups in total. The zero-order valence-electron chi connectivity index (χ0n) is 16.6. The second kappa shape index (κ2) is 3.57. The summed E-state index contributed by atoms with van der Waals surface area (Å²) in [5, 5.41) is 0. The van der Waals surface area contributed by atoms with Gasteiger partial charge in [-0.25, -0.2) is 0 Å². The van der Waals surface area contributed by atoms with Crippen molar-refractivity contribution < 1.29 is 9.53 Å². The Labute approximate surface area is 156 Å². The average molecular weight is 353 g/mol. The SMILES string of the molecule is COC(=O)[C@]1(C)C2C3CCC4C3C3C2C2C5C6C(CC[C@@]6(C)C4C35C)C21. The van der Waals surface area contributed by atoms with E-state index in [1.54, 1.807) is 7.11 Å². The summed E-state index contributed by atoms with van der Waals surface area (Å²) in [6.45, 7) is 7.86. The van der Waals surface area contributed by atoms with Gasteiger partial charge in [-0.2, -0.15) is 0 Å². The summed E-state index contributed by atoms with van der Waals surface area (Å²) in [5.74, 6) is 10.7. The van der Waals surface area contributed by atoms with Crippen LogP contribution >= 0.6 is 0 Å². The molecule has 0 spiro atoms. The number of carbonyl (C=O) groups excluding carboxylic acids is 1. The number of hydrogen-bond donors (Lipinski definition) is 0. The van der Waals surface area contributed by atoms with Gasteiger partial charge in [-0.05, 0) is 114 Å². The number of rotatable bonds is 1. The van der Waals surface area contributed by atoms with Gasteiger partial charge in [0.05, 0.1) is 12.5 Å². The number of hydrogen-bond acceptors (Lipinski definition) is 2. The van der Waals surface area contributed by atoms with E-state index in [-0.39, 0.29) is 11.4 Å². The first kappa shape index (κ1) is 14.5. The van der Waals surface area contributed by atoms with Gasteiger partial charge in [0.15, 0.2) is 0 Å². The minimum Gasteiger partial charge on any atom is -0.469 e. The van der Waals surface area contributed by atoms with Crippen molar-refractivity contribution in [3.8, 4) is 0 Å². The molecule has 0 aliphatic heterocycles. The van der Waals surface area contributed by atoms with E-state index in [1.807, 2.05) is 0 Å². The molecular formula is C24H32O2. The highest BCUT2D eigenvalue weighted by Gasteiger charge is 2.92. The number of ether oxygens (including phenoxy) is 1. The Morgan fingerprint density at radius 3 is 2.27 bits per heavy atom. The molecule has 8 rings (SSSR count). The molecule has 0 aromatic rings. The summed E-state index contributed by atoms with van der Waals surface area (Å²) < 4.78 is 5.56. The van der Waals surface area contributed by atoms with Crippen LogP contribution in [-0.4, -0.2) is 13.1 Å². The first-order chi connectivity index (χ1) is 12.4. The van der Waals surface area contributed by atoms with E-state index >= 15 is 0 Å². The summed E-state index contributed by atoms with van der Waals surface area (Å²) in [6, 6.07) is 0. The molecule has 0 amide bonds. The summed E-state index contributed by atoms with van der Waals surface area (Å²) in [5.41, 5.74) is 1.04. The van der Waals surface area contributed by atoms with Crippen LogP contribution in [0, 0.1) is 87.3 Å². The number of esters is 1. The van der Waals surface area contributed by atoms with Gasteiger partial charge in [0.1, 0.15) is 0 Å². The number of methoxy groups -OCH3 is 1. The van der Waals surface area contributed by atoms with Crippen molar-refractivity contribution in [3.05, 3.63) is 0 Å². The number of carbonyl (C=O) groups is 1. The lowest BCUT2D eigenvalue weighted by Gasteiger charge is -2.43. The van der Waals surface area contributed by atoms with Crippen LogP contribution in [-0.2, 0) is 9.53 Å². The Bertz CT molecular complexity index is 789. The highest BCUT2D eigenvalue weighted by molar-refractivity contribution is 5.79. The molecule has 26 heavy (non-hydrogen) atoms. The first-order valence-corrected chi connectivity index (χ1v) is 11.5. The van der Waals surface area contributed by atoms with E-state index < -0.39 is 0 Å². The molecule has 8 aliphatic rings. The second-order valence-corrected chi connectivity index (χ2v) is 12.6. The van der Waals surface area contributed by atoms with Crippen molar-refractivity contribution in [2.45, 2.75) is 46.5 Å². The van der Waals surface area contributed by atoms with Crippen molar-refractivity contribution in [3.63, 3.8) is 0 Å². The van der Waals surface area contributed by atoms with Crippen LogP contribution in [0.15, 0.2) is 0 Å². The smallest absolute Gasteiger partial charge is 0.312 e. The molecule has 0 aromatic carbocycles. The van der Waals surface area contributed by atoms with Crippen LogP contribution in [0.3, 0.4) is 0 Å². The predicted octanol–water partition coefficient (Wildman–Crippen LogP) is 4.24. The van der Waals surface area contributed by atoms with Crippen molar-refractivity contribution in [2.24, 2.45) is 87.3 Å². The fourth-order valence-corrected chi connectivity index (χ4v) is 14.0. The Morgan fingerprint density at radius 1 is 0.808 bits per heavy atom. The minimum atomic E-state index is -0.176. The largest absolute Gasteiger partial charge is 0.469 e. The molecule has 2 heteroatoms. The van der Waals surface area contributed by atoms with Crippen LogP contribution in [0.2, 0.25) is 0 Å². The molecular weight excluding hydrogens is 320 g/mol. The van der Waals surface area contributed by atoms with Gasteiger partial charge < -0.3 is 4.74 Å². The highest BCUT2D eigenvalue weighted by atomic mass is 16.5. The van der Waals surface area contributed by atoms with Gasteiger partial charge in [-0.3, -0.25) is 4.79 Å². The minimum absolute atomic E-state index is 0.164. The summed E-state index contributed by atoms with van der Waals surface area (Å²) in [7, 11) is 1.66. The van der Waals surface area contributed by atoms with Crippen molar-refractivity contribution in [2.75, 3.05) is 7.11 Å². The average Bonchev–Trinajstić information content (AvgIpc) is 3.36. The third-order valence-electron chi connectivity index (χ3n) is 13.1. The molecule has 140 valence electrons. The fourth-order valence-electron chi connectivity index (χ4n) is 14.0. The standard InChI is InChI=1S/C24H32O2/c1-22-8-7-11-16-14-13-15(24(16,3)21(25)26-4)9-5-6-10-12(9)18(13)23(2,20(10)22)19(14)17(11)22/h9-20H,5-8H2,1-4H3/t9?,10?,11?,12?,13?,14?,15?,16?,17?,18?,19?,20?,22-,23?,24-/m1/s1. The predicted molar refractivity (Wildman–Crippen MR) is 96.7 cm³/mol. The Balaban J connectivity index is 1.48. The molecule has 8 saturated carbocycles. The van der Waals surface area contributed by atoms with Crippen LogP contribution in [0.4, 0.5) is 0 Å². The zero-order chi connectivity index (χ0) is 17.5. The Hall–Kier alpha value is -0.530. The lowest BCUT2D eigenvalue weighted by Crippen LogP contribution is -2.45. The first-order valence-electron chi connectivity index (χ1n) is 11.5. The van der Waals surface area contributed by atoms with E-state index in [2.05, 4.69) is 20.8 Å². The van der Waals surface area contributed by atoms with Gasteiger partial charge >= 0.3 is 5.97 Å². The third kappa shape index (κ3) is 0.937. The maximum atomic E-state index is 13.4. The van der Waals surface area contributed by atoms with Gasteiger partial charge in [-0.15, -0.1) is 0 Å². The monoisotopic (exact) mass is 352 g/mol. The van der Waals surface area contributed by atoms with Crippen LogP contribution in [0.1, 0.15) is 46.5 Å². The quantitative estimate of drug-likeness (QED) is 0.660. The van der Waals surface area contributed by atoms with E-state index in [1.165, 1.54) is 25.7 Å². The summed E-state index contributed by atoms with van der Waals surface area (Å²) in [6.07, 6.45) is 5.75. The van der Waals surface area contributed by atoms with E-state index in [9.17, 15) is 4.79 Å². The van der Waals surface area contributed by atoms with Gasteiger partial charge in [-0.1, -0.05) is 13.8 Å². The molecule has 0 aromatic heterocycles. The lowest BCUT2D eigenvalue weighted by atomic mass is 9.61. The lowest BCUT2D eigenvalue weighted by molar-refractivity contribution is -0.160. The van der Waals surface area contributed by atoms with Crippen LogP contribution < -0.4 is 0 Å². The van der Waals surface area contributed by atoms with Crippen LogP contribution in [0.25, 0.3) is 0 Å². The van der Waals surface area contributed by atoms with Crippen molar-refractivity contribution >= 4 is 5.97 Å². The highest BCUT2D eigenvalue weighted by Crippen LogP contribution is 2.95. The Kier molecular flexibility index (Phi) is 1.98. The van der Waals surface area contributed by atoms with Crippen molar-refractivity contribution in [1.29, 1.82) is 0 Å². The van der Waals surface area contributed by atoms with E-state index in [4.69, 9.17) is 4.74 Å². The van der Waals surface area contributed by atoms with Gasteiger partial charge in [0, 0.05) is 0 Å². The van der Waals surface area contributed by atoms with Crippen LogP contribution in [0.5, 0.6) is 0 Å². The van der Waals surface area contributed by atoms with E-state index in [0.29, 0.717) is 22.7 Å². The molecule has 0 heterocycles. The summed E-state index contributed by atoms with van der Waals surface area (Å²) in [4.78, 5) is 13.4. The van der Waals surface area contributed by atoms with Gasteiger partial charge in [0.2, 0.25) is 0 Å². The molecule has 13 unspecified atom stereocenters. The molecule has 15 atom stereocenters. The maximum absolute atomic E-state index is 13.4. The summed E-state index contributed by atoms with van der Waals surface area (Å²) >= 11 is 0. The molecule has 8 aliphatic carbocycles. The normalized spacial score (nSPS) is 77.2. The maximum Gasteiger partial charge on any atom is 0.312 e. The third-order valence-corrected chi connectivity index (χ3v) is 13.1. The molecule has 0 saturated heterocycles. The van der Waals surface area contributed by atoms with Gasteiger partial charge in [0.25, 0.3) is 0 Å².